The lowest BCUT2D eigenvalue weighted by atomic mass is 9.93. The summed E-state index contributed by atoms with van der Waals surface area (Å²) < 4.78 is 0. The van der Waals surface area contributed by atoms with Crippen LogP contribution in [0.4, 0.5) is 0 Å². The van der Waals surface area contributed by atoms with Crippen LogP contribution in [0.25, 0.3) is 0 Å². The number of hydrogen-bond donors (Lipinski definition) is 1. The van der Waals surface area contributed by atoms with E-state index in [1.165, 1.54) is 45.4 Å². The highest BCUT2D eigenvalue weighted by Gasteiger charge is 2.18. The predicted molar refractivity (Wildman–Crippen MR) is 62.3 cm³/mol. The smallest absolute Gasteiger partial charge is 0.00383 e. The average molecular weight is 197 g/mol. The highest BCUT2D eigenvalue weighted by molar-refractivity contribution is 4.84. The van der Waals surface area contributed by atoms with Crippen LogP contribution in [0.1, 0.15) is 33.1 Å². The molecule has 1 fully saturated rings. The molecule has 1 N–H and O–H groups in total. The molecule has 2 heteroatoms. The summed E-state index contributed by atoms with van der Waals surface area (Å²) in [5.41, 5.74) is 0. The molecule has 0 spiro atoms. The number of nitrogens with one attached hydrogen (secondary N) is 1. The van der Waals surface area contributed by atoms with E-state index in [1.54, 1.807) is 5.92 Å². The van der Waals surface area contributed by atoms with Gasteiger partial charge in [-0.1, -0.05) is 13.8 Å². The first-order valence-corrected chi connectivity index (χ1v) is 5.88. The molecule has 1 aliphatic rings. The molecule has 1 radical (unpaired) electrons. The largest absolute Gasteiger partial charge is 0.320 e. The Morgan fingerprint density at radius 2 is 1.93 bits per heavy atom. The molecule has 0 aromatic carbocycles. The number of likely N-dealkylation sites (tertiary alicyclic amines) is 1. The molecule has 0 aromatic heterocycles. The van der Waals surface area contributed by atoms with Gasteiger partial charge in [-0.2, -0.15) is 0 Å². The van der Waals surface area contributed by atoms with Gasteiger partial charge in [0.2, 0.25) is 0 Å². The van der Waals surface area contributed by atoms with Gasteiger partial charge in [-0.15, -0.1) is 0 Å². The van der Waals surface area contributed by atoms with Gasteiger partial charge in [-0.05, 0) is 57.8 Å². The minimum atomic E-state index is 0.968. The Kier molecular flexibility index (Phi) is 5.49. The van der Waals surface area contributed by atoms with Gasteiger partial charge < -0.3 is 10.2 Å². The van der Waals surface area contributed by atoms with Gasteiger partial charge in [0.1, 0.15) is 0 Å². The Morgan fingerprint density at radius 1 is 1.29 bits per heavy atom. The zero-order valence-corrected chi connectivity index (χ0v) is 9.97. The first-order valence-electron chi connectivity index (χ1n) is 5.88. The van der Waals surface area contributed by atoms with Crippen molar-refractivity contribution in [3.05, 3.63) is 5.92 Å². The molecule has 2 nitrogen and oxygen atoms in total. The second kappa shape index (κ2) is 6.41. The summed E-state index contributed by atoms with van der Waals surface area (Å²) in [5, 5.41) is 3.24. The van der Waals surface area contributed by atoms with Crippen molar-refractivity contribution >= 4 is 0 Å². The van der Waals surface area contributed by atoms with Crippen molar-refractivity contribution in [2.75, 3.05) is 33.2 Å². The molecule has 0 atom stereocenters. The van der Waals surface area contributed by atoms with E-state index in [4.69, 9.17) is 0 Å². The number of rotatable bonds is 5. The van der Waals surface area contributed by atoms with E-state index in [0.29, 0.717) is 0 Å². The first kappa shape index (κ1) is 12.0. The van der Waals surface area contributed by atoms with Crippen LogP contribution in [-0.4, -0.2) is 38.1 Å². The third kappa shape index (κ3) is 4.43. The molecule has 0 aliphatic carbocycles. The van der Waals surface area contributed by atoms with E-state index in [0.717, 1.165) is 5.92 Å². The van der Waals surface area contributed by atoms with Crippen LogP contribution < -0.4 is 5.32 Å². The predicted octanol–water partition coefficient (Wildman–Crippen LogP) is 1.92. The fraction of sp³-hybridized carbons (Fsp3) is 0.917. The molecule has 0 saturated carbocycles. The minimum absolute atomic E-state index is 0.968. The maximum atomic E-state index is 3.24. The second-order valence-corrected chi connectivity index (χ2v) is 4.82. The number of nitrogens with zero attached hydrogens (tertiary/aromatic N) is 1. The standard InChI is InChI=1S/C12H25N2/c1-11(2)10-14-8-5-12(6-9-14)4-7-13-3/h12-13H,4-10H2,1-3H3. The summed E-state index contributed by atoms with van der Waals surface area (Å²) in [6.07, 6.45) is 4.16. The van der Waals surface area contributed by atoms with Crippen LogP contribution >= 0.6 is 0 Å². The molecule has 0 aromatic rings. The van der Waals surface area contributed by atoms with Crippen molar-refractivity contribution in [1.29, 1.82) is 0 Å². The maximum absolute atomic E-state index is 3.24. The molecule has 1 saturated heterocycles. The lowest BCUT2D eigenvalue weighted by Crippen LogP contribution is -2.36. The second-order valence-electron chi connectivity index (χ2n) is 4.82. The van der Waals surface area contributed by atoms with Crippen LogP contribution in [0.5, 0.6) is 0 Å². The van der Waals surface area contributed by atoms with E-state index in [9.17, 15) is 0 Å². The van der Waals surface area contributed by atoms with Crippen molar-refractivity contribution in [3.8, 4) is 0 Å². The van der Waals surface area contributed by atoms with E-state index in [-0.39, 0.29) is 0 Å². The Morgan fingerprint density at radius 3 is 2.43 bits per heavy atom. The highest BCUT2D eigenvalue weighted by atomic mass is 15.1. The van der Waals surface area contributed by atoms with Gasteiger partial charge in [0.25, 0.3) is 0 Å². The molecule has 0 bridgehead atoms. The molecular weight excluding hydrogens is 172 g/mol. The zero-order chi connectivity index (χ0) is 10.4. The van der Waals surface area contributed by atoms with Crippen molar-refractivity contribution in [1.82, 2.24) is 10.2 Å². The SMILES string of the molecule is CNCCC1CCN(C[C](C)C)CC1. The van der Waals surface area contributed by atoms with Crippen LogP contribution in [0.3, 0.4) is 0 Å². The molecular formula is C12H25N2. The zero-order valence-electron chi connectivity index (χ0n) is 9.97. The number of hydrogen-bond acceptors (Lipinski definition) is 2. The monoisotopic (exact) mass is 197 g/mol. The Bertz CT molecular complexity index is 137. The minimum Gasteiger partial charge on any atom is -0.320 e. The topological polar surface area (TPSA) is 15.3 Å². The summed E-state index contributed by atoms with van der Waals surface area (Å²) in [7, 11) is 2.05. The molecule has 14 heavy (non-hydrogen) atoms. The fourth-order valence-corrected chi connectivity index (χ4v) is 2.23. The summed E-state index contributed by atoms with van der Waals surface area (Å²) in [6, 6.07) is 0. The van der Waals surface area contributed by atoms with Crippen LogP contribution in [-0.2, 0) is 0 Å². The van der Waals surface area contributed by atoms with Crippen molar-refractivity contribution in [3.63, 3.8) is 0 Å². The summed E-state index contributed by atoms with van der Waals surface area (Å²) in [5.74, 6) is 2.51. The third-order valence-corrected chi connectivity index (χ3v) is 3.05. The molecule has 1 heterocycles. The van der Waals surface area contributed by atoms with Crippen LogP contribution in [0.15, 0.2) is 0 Å². The van der Waals surface area contributed by atoms with Crippen molar-refractivity contribution in [2.45, 2.75) is 33.1 Å². The van der Waals surface area contributed by atoms with Crippen molar-refractivity contribution < 1.29 is 0 Å². The molecule has 0 unspecified atom stereocenters. The third-order valence-electron chi connectivity index (χ3n) is 3.05. The van der Waals surface area contributed by atoms with Gasteiger partial charge in [0.05, 0.1) is 0 Å². The average Bonchev–Trinajstić information content (AvgIpc) is 2.16. The van der Waals surface area contributed by atoms with Gasteiger partial charge in [0.15, 0.2) is 0 Å². The van der Waals surface area contributed by atoms with E-state index in [2.05, 4.69) is 24.1 Å². The van der Waals surface area contributed by atoms with Gasteiger partial charge in [0, 0.05) is 6.54 Å². The highest BCUT2D eigenvalue weighted by Crippen LogP contribution is 2.20. The van der Waals surface area contributed by atoms with Gasteiger partial charge in [-0.25, -0.2) is 0 Å². The molecule has 1 rings (SSSR count). The van der Waals surface area contributed by atoms with Gasteiger partial charge >= 0.3 is 0 Å². The normalized spacial score (nSPS) is 20.6. The Labute approximate surface area is 89.1 Å². The van der Waals surface area contributed by atoms with E-state index in [1.807, 2.05) is 7.05 Å². The Balaban J connectivity index is 2.11. The first-order chi connectivity index (χ1) is 6.72. The lowest BCUT2D eigenvalue weighted by Gasteiger charge is -2.32. The summed E-state index contributed by atoms with van der Waals surface area (Å²) >= 11 is 0. The number of piperidine rings is 1. The summed E-state index contributed by atoms with van der Waals surface area (Å²) in [6.45, 7) is 9.46. The van der Waals surface area contributed by atoms with Crippen LogP contribution in [0.2, 0.25) is 0 Å². The van der Waals surface area contributed by atoms with E-state index < -0.39 is 0 Å². The van der Waals surface area contributed by atoms with Crippen LogP contribution in [0, 0.1) is 11.8 Å². The lowest BCUT2D eigenvalue weighted by molar-refractivity contribution is 0.185. The molecule has 83 valence electrons. The maximum Gasteiger partial charge on any atom is 0.00383 e. The molecule has 1 aliphatic heterocycles. The van der Waals surface area contributed by atoms with Crippen molar-refractivity contribution in [2.24, 2.45) is 5.92 Å². The summed E-state index contributed by atoms with van der Waals surface area (Å²) in [4.78, 5) is 2.59. The fourth-order valence-electron chi connectivity index (χ4n) is 2.23. The Hall–Kier alpha value is -0.0800. The quantitative estimate of drug-likeness (QED) is 0.724. The van der Waals surface area contributed by atoms with E-state index >= 15 is 0 Å². The molecule has 0 amide bonds. The van der Waals surface area contributed by atoms with Gasteiger partial charge in [-0.3, -0.25) is 0 Å².